The van der Waals surface area contributed by atoms with E-state index < -0.39 is 9.52 Å². The minimum absolute atomic E-state index is 0. The largest absolute Gasteiger partial charge is 0.311 e. The monoisotopic (exact) mass is 439 g/mol. The van der Waals surface area contributed by atoms with Gasteiger partial charge in [-0.3, -0.25) is 0 Å². The molecule has 0 bridgehead atoms. The fraction of sp³-hybridized carbons (Fsp3) is 0.200. The number of hydrogen-bond acceptors (Lipinski definition) is 1. The molecule has 0 aromatic heterocycles. The molecule has 0 saturated carbocycles. The minimum atomic E-state index is -0.466. The highest BCUT2D eigenvalue weighted by molar-refractivity contribution is 6.67. The molecule has 0 amide bonds. The van der Waals surface area contributed by atoms with Crippen molar-refractivity contribution in [1.29, 1.82) is 0 Å². The van der Waals surface area contributed by atoms with Crippen molar-refractivity contribution in [3.63, 3.8) is 0 Å². The van der Waals surface area contributed by atoms with E-state index in [1.165, 1.54) is 39.4 Å². The molecule has 166 valence electrons. The van der Waals surface area contributed by atoms with E-state index in [0.717, 1.165) is 0 Å². The first-order chi connectivity index (χ1) is 14.7. The molecule has 4 aromatic carbocycles. The maximum atomic E-state index is 2.34. The highest BCUT2D eigenvalue weighted by atomic mass is 28.2. The fourth-order valence-corrected chi connectivity index (χ4v) is 5.21. The molecule has 0 heterocycles. The summed E-state index contributed by atoms with van der Waals surface area (Å²) in [6.07, 6.45) is 1.19. The average molecular weight is 440 g/mol. The Morgan fingerprint density at radius 1 is 0.594 bits per heavy atom. The van der Waals surface area contributed by atoms with E-state index in [4.69, 9.17) is 0 Å². The van der Waals surface area contributed by atoms with E-state index >= 15 is 0 Å². The van der Waals surface area contributed by atoms with Crippen LogP contribution in [-0.2, 0) is 0 Å². The van der Waals surface area contributed by atoms with Crippen LogP contribution in [0, 0.1) is 0 Å². The zero-order valence-corrected chi connectivity index (χ0v) is 19.2. The Balaban J connectivity index is 0.00000181. The van der Waals surface area contributed by atoms with Crippen molar-refractivity contribution in [3.05, 3.63) is 115 Å². The first kappa shape index (κ1) is 25.2. The molecule has 0 radical (unpaired) electrons. The summed E-state index contributed by atoms with van der Waals surface area (Å²) in [5.41, 5.74) is 4.99. The normalized spacial score (nSPS) is 11.4. The lowest BCUT2D eigenvalue weighted by Crippen LogP contribution is -2.27. The first-order valence-corrected chi connectivity index (χ1v) is 12.2. The first-order valence-electron chi connectivity index (χ1n) is 10.8. The van der Waals surface area contributed by atoms with Gasteiger partial charge in [0.2, 0.25) is 0 Å². The van der Waals surface area contributed by atoms with Crippen LogP contribution in [0.5, 0.6) is 0 Å². The maximum absolute atomic E-state index is 2.34. The van der Waals surface area contributed by atoms with E-state index in [2.05, 4.69) is 128 Å². The Labute approximate surface area is 197 Å². The van der Waals surface area contributed by atoms with E-state index in [1.54, 1.807) is 0 Å². The van der Waals surface area contributed by atoms with Gasteiger partial charge in [0.1, 0.15) is 0 Å². The summed E-state index contributed by atoms with van der Waals surface area (Å²) < 4.78 is 0. The van der Waals surface area contributed by atoms with Gasteiger partial charge in [0, 0.05) is 17.1 Å². The number of nitrogens with zero attached hydrogens (tertiary/aromatic N) is 1. The molecule has 1 nitrogen and oxygen atoms in total. The molecule has 32 heavy (non-hydrogen) atoms. The molecule has 1 unspecified atom stereocenters. The quantitative estimate of drug-likeness (QED) is 0.279. The third-order valence-corrected chi connectivity index (χ3v) is 7.55. The van der Waals surface area contributed by atoms with E-state index in [9.17, 15) is 0 Å². The second-order valence-electron chi connectivity index (χ2n) is 7.90. The summed E-state index contributed by atoms with van der Waals surface area (Å²) >= 11 is 0. The van der Waals surface area contributed by atoms with Gasteiger partial charge in [-0.05, 0) is 54.3 Å². The maximum Gasteiger partial charge on any atom is 0.0875 e. The minimum Gasteiger partial charge on any atom is -0.311 e. The Kier molecular flexibility index (Phi) is 9.49. The van der Waals surface area contributed by atoms with Gasteiger partial charge < -0.3 is 4.90 Å². The van der Waals surface area contributed by atoms with Crippen molar-refractivity contribution in [2.75, 3.05) is 4.90 Å². The van der Waals surface area contributed by atoms with E-state index in [1.807, 2.05) is 0 Å². The highest BCUT2D eigenvalue weighted by Crippen LogP contribution is 2.33. The molecule has 4 rings (SSSR count). The van der Waals surface area contributed by atoms with Gasteiger partial charge in [-0.15, -0.1) is 0 Å². The van der Waals surface area contributed by atoms with Gasteiger partial charge in [0.05, 0.1) is 9.52 Å². The zero-order valence-electron chi connectivity index (χ0n) is 17.8. The molecular weight excluding hydrogens is 402 g/mol. The smallest absolute Gasteiger partial charge is 0.0875 e. The second kappa shape index (κ2) is 12.1. The van der Waals surface area contributed by atoms with Crippen molar-refractivity contribution in [3.8, 4) is 0 Å². The van der Waals surface area contributed by atoms with Crippen LogP contribution in [0.25, 0.3) is 0 Å². The van der Waals surface area contributed by atoms with E-state index in [-0.39, 0.29) is 14.9 Å². The predicted molar refractivity (Wildman–Crippen MR) is 148 cm³/mol. The molecule has 2 heteroatoms. The second-order valence-corrected chi connectivity index (χ2v) is 9.89. The summed E-state index contributed by atoms with van der Waals surface area (Å²) in [5, 5.41) is 2.97. The summed E-state index contributed by atoms with van der Waals surface area (Å²) in [5.74, 6) is 0.641. The number of rotatable bonds is 7. The SMILES string of the molecule is C.C.CCC(C)c1ccc([SiH2]c2ccc(N(c3ccccc3)c3ccccc3)cc2)cc1. The Morgan fingerprint density at radius 3 is 1.44 bits per heavy atom. The molecule has 0 aliphatic carbocycles. The van der Waals surface area contributed by atoms with Gasteiger partial charge in [0.15, 0.2) is 0 Å². The molecule has 1 atom stereocenters. The van der Waals surface area contributed by atoms with Crippen LogP contribution in [0.3, 0.4) is 0 Å². The highest BCUT2D eigenvalue weighted by Gasteiger charge is 2.11. The number of hydrogen-bond donors (Lipinski definition) is 0. The van der Waals surface area contributed by atoms with Gasteiger partial charge >= 0.3 is 0 Å². The molecule has 0 aliphatic rings. The third kappa shape index (κ3) is 5.99. The lowest BCUT2D eigenvalue weighted by Gasteiger charge is -2.25. The predicted octanol–water partition coefficient (Wildman–Crippen LogP) is 7.06. The van der Waals surface area contributed by atoms with Crippen LogP contribution in [0.1, 0.15) is 46.6 Å². The zero-order chi connectivity index (χ0) is 20.8. The van der Waals surface area contributed by atoms with Crippen molar-refractivity contribution < 1.29 is 0 Å². The average Bonchev–Trinajstić information content (AvgIpc) is 2.82. The fourth-order valence-electron chi connectivity index (χ4n) is 3.80. The number of benzene rings is 4. The van der Waals surface area contributed by atoms with Crippen molar-refractivity contribution in [2.24, 2.45) is 0 Å². The summed E-state index contributed by atoms with van der Waals surface area (Å²) in [6.45, 7) is 4.56. The molecule has 4 aromatic rings. The van der Waals surface area contributed by atoms with Crippen LogP contribution in [0.2, 0.25) is 0 Å². The molecular formula is C30H37NSi. The van der Waals surface area contributed by atoms with Gasteiger partial charge in [-0.25, -0.2) is 0 Å². The van der Waals surface area contributed by atoms with Gasteiger partial charge in [-0.2, -0.15) is 0 Å². The topological polar surface area (TPSA) is 3.24 Å². The van der Waals surface area contributed by atoms with Crippen molar-refractivity contribution in [2.45, 2.75) is 41.0 Å². The Hall–Kier alpha value is -3.10. The summed E-state index contributed by atoms with van der Waals surface area (Å²) in [7, 11) is -0.466. The standard InChI is InChI=1S/C28H29NSi.2CH4/c1-3-22(2)23-14-18-27(19-15-23)30-28-20-16-26(17-21-28)29(24-10-6-4-7-11-24)25-12-8-5-9-13-25;;/h4-22H,3,30H2,1-2H3;2*1H4. The lowest BCUT2D eigenvalue weighted by molar-refractivity contribution is 0.734. The van der Waals surface area contributed by atoms with Crippen LogP contribution >= 0.6 is 0 Å². The van der Waals surface area contributed by atoms with Gasteiger partial charge in [0.25, 0.3) is 0 Å². The molecule has 0 N–H and O–H groups in total. The molecule has 0 aliphatic heterocycles. The van der Waals surface area contributed by atoms with Crippen LogP contribution in [0.15, 0.2) is 109 Å². The van der Waals surface area contributed by atoms with Crippen molar-refractivity contribution in [1.82, 2.24) is 0 Å². The van der Waals surface area contributed by atoms with Crippen LogP contribution in [-0.4, -0.2) is 9.52 Å². The lowest BCUT2D eigenvalue weighted by atomic mass is 9.99. The molecule has 0 saturated heterocycles. The van der Waals surface area contributed by atoms with Crippen molar-refractivity contribution >= 4 is 37.0 Å². The molecule has 0 spiro atoms. The summed E-state index contributed by atoms with van der Waals surface area (Å²) in [6, 6.07) is 39.6. The number of anilines is 3. The third-order valence-electron chi connectivity index (χ3n) is 5.79. The molecule has 0 fully saturated rings. The summed E-state index contributed by atoms with van der Waals surface area (Å²) in [4.78, 5) is 2.31. The van der Waals surface area contributed by atoms with Crippen LogP contribution < -0.4 is 15.3 Å². The van der Waals surface area contributed by atoms with Crippen LogP contribution in [0.4, 0.5) is 17.1 Å². The van der Waals surface area contributed by atoms with Gasteiger partial charge in [-0.1, -0.05) is 112 Å². The van der Waals surface area contributed by atoms with E-state index in [0.29, 0.717) is 5.92 Å². The Morgan fingerprint density at radius 2 is 1.00 bits per heavy atom. The Bertz CT molecular complexity index is 1000. The number of para-hydroxylation sites is 2.